The zero-order valence-electron chi connectivity index (χ0n) is 11.0. The first kappa shape index (κ1) is 14.3. The molecule has 2 N–H and O–H groups in total. The number of amides is 1. The van der Waals surface area contributed by atoms with Crippen molar-refractivity contribution < 1.29 is 9.53 Å². The van der Waals surface area contributed by atoms with E-state index in [1.54, 1.807) is 4.90 Å². The summed E-state index contributed by atoms with van der Waals surface area (Å²) in [4.78, 5) is 15.7. The minimum absolute atomic E-state index is 0.210. The third-order valence-corrected chi connectivity index (χ3v) is 3.45. The summed E-state index contributed by atoms with van der Waals surface area (Å²) in [6.45, 7) is 6.45. The lowest BCUT2D eigenvalue weighted by Crippen LogP contribution is -2.40. The van der Waals surface area contributed by atoms with Crippen LogP contribution < -0.4 is 5.73 Å². The Morgan fingerprint density at radius 1 is 1.35 bits per heavy atom. The van der Waals surface area contributed by atoms with Gasteiger partial charge in [-0.1, -0.05) is 6.92 Å². The van der Waals surface area contributed by atoms with Gasteiger partial charge in [0.2, 0.25) is 0 Å². The second-order valence-corrected chi connectivity index (χ2v) is 4.49. The largest absolute Gasteiger partial charge is 0.453 e. The Bertz CT molecular complexity index is 236. The highest BCUT2D eigenvalue weighted by Crippen LogP contribution is 2.12. The van der Waals surface area contributed by atoms with Gasteiger partial charge in [-0.3, -0.25) is 4.90 Å². The standard InChI is InChI=1S/C12H25N3O2/c1-3-11(5-6-13)14-7-4-8-15(10-9-14)12(16)17-2/h11H,3-10,13H2,1-2H3. The molecule has 1 unspecified atom stereocenters. The zero-order chi connectivity index (χ0) is 12.7. The lowest BCUT2D eigenvalue weighted by atomic mass is 10.1. The molecule has 1 heterocycles. The van der Waals surface area contributed by atoms with Crippen molar-refractivity contribution in [2.24, 2.45) is 5.73 Å². The average molecular weight is 243 g/mol. The molecular weight excluding hydrogens is 218 g/mol. The number of nitrogens with two attached hydrogens (primary N) is 1. The Balaban J connectivity index is 2.48. The Morgan fingerprint density at radius 2 is 2.12 bits per heavy atom. The molecule has 1 amide bonds. The Kier molecular flexibility index (Phi) is 6.29. The summed E-state index contributed by atoms with van der Waals surface area (Å²) < 4.78 is 4.76. The van der Waals surface area contributed by atoms with Crippen molar-refractivity contribution in [3.63, 3.8) is 0 Å². The summed E-state index contributed by atoms with van der Waals surface area (Å²) in [5.74, 6) is 0. The van der Waals surface area contributed by atoms with E-state index in [2.05, 4.69) is 11.8 Å². The van der Waals surface area contributed by atoms with Crippen LogP contribution in [0.25, 0.3) is 0 Å². The summed E-state index contributed by atoms with van der Waals surface area (Å²) in [6, 6.07) is 0.553. The monoisotopic (exact) mass is 243 g/mol. The van der Waals surface area contributed by atoms with Gasteiger partial charge in [-0.15, -0.1) is 0 Å². The minimum Gasteiger partial charge on any atom is -0.453 e. The normalized spacial score (nSPS) is 19.8. The van der Waals surface area contributed by atoms with E-state index < -0.39 is 0 Å². The summed E-state index contributed by atoms with van der Waals surface area (Å²) in [5.41, 5.74) is 5.64. The zero-order valence-corrected chi connectivity index (χ0v) is 11.0. The molecule has 0 spiro atoms. The molecule has 5 nitrogen and oxygen atoms in total. The van der Waals surface area contributed by atoms with Crippen LogP contribution in [0.1, 0.15) is 26.2 Å². The van der Waals surface area contributed by atoms with E-state index in [1.165, 1.54) is 7.11 Å². The molecule has 1 fully saturated rings. The third-order valence-electron chi connectivity index (χ3n) is 3.45. The molecule has 100 valence electrons. The first-order chi connectivity index (χ1) is 8.22. The lowest BCUT2D eigenvalue weighted by molar-refractivity contribution is 0.122. The summed E-state index contributed by atoms with van der Waals surface area (Å²) in [7, 11) is 1.44. The molecule has 0 aliphatic carbocycles. The molecule has 17 heavy (non-hydrogen) atoms. The number of hydrogen-bond acceptors (Lipinski definition) is 4. The maximum absolute atomic E-state index is 11.5. The first-order valence-corrected chi connectivity index (χ1v) is 6.50. The van der Waals surface area contributed by atoms with Crippen LogP contribution in [-0.2, 0) is 4.74 Å². The highest BCUT2D eigenvalue weighted by atomic mass is 16.5. The second-order valence-electron chi connectivity index (χ2n) is 4.49. The molecule has 1 saturated heterocycles. The van der Waals surface area contributed by atoms with Gasteiger partial charge in [-0.05, 0) is 25.8 Å². The van der Waals surface area contributed by atoms with Crippen LogP contribution in [0, 0.1) is 0 Å². The molecule has 1 aliphatic heterocycles. The van der Waals surface area contributed by atoms with E-state index in [0.29, 0.717) is 6.04 Å². The van der Waals surface area contributed by atoms with Gasteiger partial charge in [-0.25, -0.2) is 4.79 Å². The predicted molar refractivity (Wildman–Crippen MR) is 67.9 cm³/mol. The molecular formula is C12H25N3O2. The first-order valence-electron chi connectivity index (χ1n) is 6.50. The van der Waals surface area contributed by atoms with Gasteiger partial charge in [0.1, 0.15) is 0 Å². The van der Waals surface area contributed by atoms with Crippen molar-refractivity contribution in [3.8, 4) is 0 Å². The smallest absolute Gasteiger partial charge is 0.409 e. The van der Waals surface area contributed by atoms with E-state index >= 15 is 0 Å². The SMILES string of the molecule is CCC(CCN)N1CCCN(C(=O)OC)CC1. The van der Waals surface area contributed by atoms with E-state index in [-0.39, 0.29) is 6.09 Å². The molecule has 0 aromatic carbocycles. The van der Waals surface area contributed by atoms with Gasteiger partial charge < -0.3 is 15.4 Å². The van der Waals surface area contributed by atoms with Crippen molar-refractivity contribution in [2.45, 2.75) is 32.2 Å². The molecule has 0 radical (unpaired) electrons. The molecule has 1 atom stereocenters. The Hall–Kier alpha value is -0.810. The quantitative estimate of drug-likeness (QED) is 0.796. The predicted octanol–water partition coefficient (Wildman–Crippen LogP) is 0.888. The van der Waals surface area contributed by atoms with Crippen LogP contribution in [0.3, 0.4) is 0 Å². The molecule has 1 rings (SSSR count). The number of nitrogens with zero attached hydrogens (tertiary/aromatic N) is 2. The molecule has 0 aromatic rings. The number of hydrogen-bond donors (Lipinski definition) is 1. The second kappa shape index (κ2) is 7.50. The fraction of sp³-hybridized carbons (Fsp3) is 0.917. The van der Waals surface area contributed by atoms with E-state index in [1.807, 2.05) is 0 Å². The summed E-state index contributed by atoms with van der Waals surface area (Å²) in [5, 5.41) is 0. The van der Waals surface area contributed by atoms with E-state index in [9.17, 15) is 4.79 Å². The fourth-order valence-electron chi connectivity index (χ4n) is 2.45. The number of carbonyl (C=O) groups is 1. The Labute approximate surface area is 104 Å². The van der Waals surface area contributed by atoms with E-state index in [4.69, 9.17) is 10.5 Å². The van der Waals surface area contributed by atoms with Crippen molar-refractivity contribution in [2.75, 3.05) is 39.8 Å². The average Bonchev–Trinajstić information content (AvgIpc) is 2.60. The van der Waals surface area contributed by atoms with Crippen LogP contribution >= 0.6 is 0 Å². The van der Waals surface area contributed by atoms with Crippen LogP contribution in [0.5, 0.6) is 0 Å². The maximum atomic E-state index is 11.5. The third kappa shape index (κ3) is 4.16. The fourth-order valence-corrected chi connectivity index (χ4v) is 2.45. The number of ether oxygens (including phenoxy) is 1. The molecule has 0 saturated carbocycles. The van der Waals surface area contributed by atoms with Crippen molar-refractivity contribution >= 4 is 6.09 Å². The van der Waals surface area contributed by atoms with Crippen LogP contribution in [0.2, 0.25) is 0 Å². The van der Waals surface area contributed by atoms with Gasteiger partial charge in [0.05, 0.1) is 7.11 Å². The minimum atomic E-state index is -0.210. The maximum Gasteiger partial charge on any atom is 0.409 e. The van der Waals surface area contributed by atoms with Crippen molar-refractivity contribution in [1.82, 2.24) is 9.80 Å². The van der Waals surface area contributed by atoms with Gasteiger partial charge >= 0.3 is 6.09 Å². The van der Waals surface area contributed by atoms with Crippen molar-refractivity contribution in [1.29, 1.82) is 0 Å². The van der Waals surface area contributed by atoms with Gasteiger partial charge in [-0.2, -0.15) is 0 Å². The van der Waals surface area contributed by atoms with Gasteiger partial charge in [0.25, 0.3) is 0 Å². The molecule has 0 aromatic heterocycles. The van der Waals surface area contributed by atoms with E-state index in [0.717, 1.165) is 52.0 Å². The van der Waals surface area contributed by atoms with Crippen LogP contribution in [0.4, 0.5) is 4.79 Å². The number of methoxy groups -OCH3 is 1. The molecule has 0 bridgehead atoms. The summed E-state index contributed by atoms with van der Waals surface area (Å²) >= 11 is 0. The number of carbonyl (C=O) groups excluding carboxylic acids is 1. The van der Waals surface area contributed by atoms with Crippen LogP contribution in [0.15, 0.2) is 0 Å². The Morgan fingerprint density at radius 3 is 2.71 bits per heavy atom. The van der Waals surface area contributed by atoms with Gasteiger partial charge in [0.15, 0.2) is 0 Å². The number of rotatable bonds is 4. The topological polar surface area (TPSA) is 58.8 Å². The van der Waals surface area contributed by atoms with Crippen molar-refractivity contribution in [3.05, 3.63) is 0 Å². The van der Waals surface area contributed by atoms with Gasteiger partial charge in [0, 0.05) is 32.2 Å². The van der Waals surface area contributed by atoms with Crippen LogP contribution in [-0.4, -0.2) is 61.8 Å². The summed E-state index contributed by atoms with van der Waals surface area (Å²) in [6.07, 6.45) is 2.96. The molecule has 5 heteroatoms. The highest BCUT2D eigenvalue weighted by Gasteiger charge is 2.22. The molecule has 1 aliphatic rings. The lowest BCUT2D eigenvalue weighted by Gasteiger charge is -2.29. The highest BCUT2D eigenvalue weighted by molar-refractivity contribution is 5.67.